The predicted molar refractivity (Wildman–Crippen MR) is 98.7 cm³/mol. The van der Waals surface area contributed by atoms with Gasteiger partial charge in [0, 0.05) is 0 Å². The van der Waals surface area contributed by atoms with Crippen LogP contribution in [0.5, 0.6) is 0 Å². The van der Waals surface area contributed by atoms with Crippen LogP contribution in [0.25, 0.3) is 10.8 Å². The van der Waals surface area contributed by atoms with E-state index in [9.17, 15) is 18.0 Å². The Kier molecular flexibility index (Phi) is 5.46. The van der Waals surface area contributed by atoms with Crippen molar-refractivity contribution >= 4 is 43.9 Å². The van der Waals surface area contributed by atoms with E-state index >= 15 is 0 Å². The Balaban J connectivity index is 1.58. The summed E-state index contributed by atoms with van der Waals surface area (Å²) in [5, 5.41) is 3.43. The summed E-state index contributed by atoms with van der Waals surface area (Å²) in [4.78, 5) is 24.0. The molecule has 26 heavy (non-hydrogen) atoms. The van der Waals surface area contributed by atoms with E-state index in [1.807, 2.05) is 18.2 Å². The van der Waals surface area contributed by atoms with Crippen molar-refractivity contribution in [3.63, 3.8) is 0 Å². The van der Waals surface area contributed by atoms with Gasteiger partial charge in [-0.3, -0.25) is 9.59 Å². The van der Waals surface area contributed by atoms with Crippen molar-refractivity contribution in [2.24, 2.45) is 0 Å². The highest BCUT2D eigenvalue weighted by molar-refractivity contribution is 7.89. The monoisotopic (exact) mass is 389 g/mol. The molecule has 0 radical (unpaired) electrons. The third-order valence-electron chi connectivity index (χ3n) is 3.60. The second-order valence-corrected chi connectivity index (χ2v) is 8.11. The van der Waals surface area contributed by atoms with Crippen molar-refractivity contribution in [2.45, 2.75) is 4.90 Å². The van der Waals surface area contributed by atoms with Gasteiger partial charge in [0.15, 0.2) is 6.61 Å². The summed E-state index contributed by atoms with van der Waals surface area (Å²) in [5.41, 5.74) is 0. The minimum absolute atomic E-state index is 0.0543. The van der Waals surface area contributed by atoms with Crippen LogP contribution in [0.2, 0.25) is 0 Å². The van der Waals surface area contributed by atoms with Crippen LogP contribution in [0, 0.1) is 0 Å². The molecule has 0 aliphatic carbocycles. The topological polar surface area (TPSA) is 89.5 Å². The molecule has 2 aromatic carbocycles. The molecule has 0 atom stereocenters. The van der Waals surface area contributed by atoms with Gasteiger partial charge in [-0.1, -0.05) is 36.4 Å². The predicted octanol–water partition coefficient (Wildman–Crippen LogP) is 2.61. The number of hydrogen-bond acceptors (Lipinski definition) is 6. The van der Waals surface area contributed by atoms with Gasteiger partial charge in [-0.05, 0) is 34.4 Å². The molecular weight excluding hydrogens is 374 g/mol. The third kappa shape index (κ3) is 4.34. The molecule has 6 nitrogen and oxygen atoms in total. The minimum Gasteiger partial charge on any atom is -0.456 e. The highest BCUT2D eigenvalue weighted by Gasteiger charge is 2.17. The fraction of sp³-hybridized carbons (Fsp3) is 0.111. The second kappa shape index (κ2) is 7.77. The van der Waals surface area contributed by atoms with Crippen LogP contribution in [0.4, 0.5) is 0 Å². The fourth-order valence-corrected chi connectivity index (χ4v) is 3.93. The molecule has 0 spiro atoms. The number of carbonyl (C=O) groups excluding carboxylic acids is 2. The molecule has 0 bridgehead atoms. The maximum atomic E-state index is 12.3. The third-order valence-corrected chi connectivity index (χ3v) is 5.91. The van der Waals surface area contributed by atoms with Gasteiger partial charge in [0.25, 0.3) is 0 Å². The zero-order chi connectivity index (χ0) is 18.6. The summed E-state index contributed by atoms with van der Waals surface area (Å²) < 4.78 is 31.6. The number of Topliss-reactive ketones (excluding diaryl/α,β-unsaturated/α-hetero) is 1. The zero-order valence-electron chi connectivity index (χ0n) is 13.5. The maximum Gasteiger partial charge on any atom is 0.321 e. The molecule has 0 aliphatic heterocycles. The molecule has 0 fully saturated rings. The SMILES string of the molecule is O=C(CNS(=O)(=O)c1ccc2ccccc2c1)OCC(=O)c1cccs1. The van der Waals surface area contributed by atoms with E-state index < -0.39 is 29.1 Å². The molecule has 8 heteroatoms. The van der Waals surface area contributed by atoms with Gasteiger partial charge in [0.2, 0.25) is 15.8 Å². The molecule has 3 aromatic rings. The smallest absolute Gasteiger partial charge is 0.321 e. The molecule has 0 saturated heterocycles. The molecular formula is C18H15NO5S2. The summed E-state index contributed by atoms with van der Waals surface area (Å²) in [6.07, 6.45) is 0. The lowest BCUT2D eigenvalue weighted by Gasteiger charge is -2.08. The van der Waals surface area contributed by atoms with Crippen molar-refractivity contribution in [3.8, 4) is 0 Å². The van der Waals surface area contributed by atoms with E-state index in [1.165, 1.54) is 23.5 Å². The number of ether oxygens (including phenoxy) is 1. The standard InChI is InChI=1S/C18H15NO5S2/c20-16(17-6-3-9-25-17)12-24-18(21)11-19-26(22,23)15-8-7-13-4-1-2-5-14(13)10-15/h1-10,19H,11-12H2. The molecule has 134 valence electrons. The van der Waals surface area contributed by atoms with E-state index in [0.29, 0.717) is 4.88 Å². The second-order valence-electron chi connectivity index (χ2n) is 5.39. The van der Waals surface area contributed by atoms with Gasteiger partial charge in [0.1, 0.15) is 6.54 Å². The van der Waals surface area contributed by atoms with Crippen LogP contribution in [-0.2, 0) is 19.6 Å². The number of nitrogens with one attached hydrogen (secondary N) is 1. The Morgan fingerprint density at radius 1 is 1.00 bits per heavy atom. The number of esters is 1. The lowest BCUT2D eigenvalue weighted by molar-refractivity contribution is -0.141. The van der Waals surface area contributed by atoms with Crippen molar-refractivity contribution < 1.29 is 22.7 Å². The Morgan fingerprint density at radius 2 is 1.77 bits per heavy atom. The van der Waals surface area contributed by atoms with Gasteiger partial charge in [-0.15, -0.1) is 11.3 Å². The largest absolute Gasteiger partial charge is 0.456 e. The Hall–Kier alpha value is -2.55. The highest BCUT2D eigenvalue weighted by atomic mass is 32.2. The van der Waals surface area contributed by atoms with Crippen molar-refractivity contribution in [2.75, 3.05) is 13.2 Å². The molecule has 1 N–H and O–H groups in total. The highest BCUT2D eigenvalue weighted by Crippen LogP contribution is 2.18. The normalized spacial score (nSPS) is 11.4. The first-order chi connectivity index (χ1) is 12.5. The molecule has 1 heterocycles. The van der Waals surface area contributed by atoms with Crippen LogP contribution in [0.1, 0.15) is 9.67 Å². The number of hydrogen-bond donors (Lipinski definition) is 1. The summed E-state index contributed by atoms with van der Waals surface area (Å²) in [5.74, 6) is -1.15. The minimum atomic E-state index is -3.86. The van der Waals surface area contributed by atoms with Crippen molar-refractivity contribution in [3.05, 3.63) is 64.9 Å². The van der Waals surface area contributed by atoms with Crippen molar-refractivity contribution in [1.29, 1.82) is 0 Å². The lowest BCUT2D eigenvalue weighted by Crippen LogP contribution is -2.31. The zero-order valence-corrected chi connectivity index (χ0v) is 15.2. The van der Waals surface area contributed by atoms with Gasteiger partial charge >= 0.3 is 5.97 Å². The molecule has 0 unspecified atom stereocenters. The molecule has 0 aliphatic rings. The number of thiophene rings is 1. The van der Waals surface area contributed by atoms with E-state index in [-0.39, 0.29) is 10.7 Å². The molecule has 0 amide bonds. The Morgan fingerprint density at radius 3 is 2.50 bits per heavy atom. The summed E-state index contributed by atoms with van der Waals surface area (Å²) >= 11 is 1.25. The average molecular weight is 389 g/mol. The Labute approximate surface area is 154 Å². The van der Waals surface area contributed by atoms with Crippen LogP contribution in [-0.4, -0.2) is 33.3 Å². The number of fused-ring (bicyclic) bond motifs is 1. The van der Waals surface area contributed by atoms with Gasteiger partial charge in [-0.2, -0.15) is 4.72 Å². The van der Waals surface area contributed by atoms with E-state index in [2.05, 4.69) is 4.72 Å². The fourth-order valence-electron chi connectivity index (χ4n) is 2.28. The maximum absolute atomic E-state index is 12.3. The van der Waals surface area contributed by atoms with Crippen molar-refractivity contribution in [1.82, 2.24) is 4.72 Å². The van der Waals surface area contributed by atoms with E-state index in [0.717, 1.165) is 10.8 Å². The van der Waals surface area contributed by atoms with Crippen LogP contribution >= 0.6 is 11.3 Å². The lowest BCUT2D eigenvalue weighted by atomic mass is 10.1. The van der Waals surface area contributed by atoms with Gasteiger partial charge in [0.05, 0.1) is 9.77 Å². The van der Waals surface area contributed by atoms with Crippen LogP contribution < -0.4 is 4.72 Å². The number of rotatable bonds is 7. The van der Waals surface area contributed by atoms with E-state index in [4.69, 9.17) is 4.74 Å². The summed E-state index contributed by atoms with van der Waals surface area (Å²) in [6, 6.07) is 15.4. The first-order valence-electron chi connectivity index (χ1n) is 7.66. The molecule has 0 saturated carbocycles. The van der Waals surface area contributed by atoms with Crippen LogP contribution in [0.15, 0.2) is 64.9 Å². The first-order valence-corrected chi connectivity index (χ1v) is 10.0. The summed E-state index contributed by atoms with van der Waals surface area (Å²) in [6.45, 7) is -0.968. The number of ketones is 1. The first kappa shape index (κ1) is 18.2. The number of benzene rings is 2. The van der Waals surface area contributed by atoms with Crippen LogP contribution in [0.3, 0.4) is 0 Å². The quantitative estimate of drug-likeness (QED) is 0.496. The molecule has 3 rings (SSSR count). The number of sulfonamides is 1. The van der Waals surface area contributed by atoms with Gasteiger partial charge < -0.3 is 4.74 Å². The Bertz CT molecular complexity index is 1040. The molecule has 1 aromatic heterocycles. The van der Waals surface area contributed by atoms with E-state index in [1.54, 1.807) is 29.6 Å². The average Bonchev–Trinajstić information content (AvgIpc) is 3.19. The van der Waals surface area contributed by atoms with Gasteiger partial charge in [-0.25, -0.2) is 8.42 Å². The summed E-state index contributed by atoms with van der Waals surface area (Å²) in [7, 11) is -3.86. The number of carbonyl (C=O) groups is 2.